The molecule has 3 N–H and O–H groups in total. The summed E-state index contributed by atoms with van der Waals surface area (Å²) in [5, 5.41) is 9.07. The maximum atomic E-state index is 15.5. The van der Waals surface area contributed by atoms with Crippen LogP contribution in [-0.2, 0) is 30.7 Å². The van der Waals surface area contributed by atoms with Crippen LogP contribution < -0.4 is 16.0 Å². The van der Waals surface area contributed by atoms with E-state index in [9.17, 15) is 22.4 Å². The first-order valence-electron chi connectivity index (χ1n) is 17.0. The second-order valence-electron chi connectivity index (χ2n) is 13.5. The number of anilines is 1. The highest BCUT2D eigenvalue weighted by Gasteiger charge is 2.46. The molecule has 1 unspecified atom stereocenters. The monoisotopic (exact) mass is 690 g/mol. The van der Waals surface area contributed by atoms with Crippen LogP contribution in [0.2, 0.25) is 0 Å². The van der Waals surface area contributed by atoms with Crippen molar-refractivity contribution < 1.29 is 36.3 Å². The number of carbonyl (C=O) groups is 2. The summed E-state index contributed by atoms with van der Waals surface area (Å²) < 4.78 is 67.9. The van der Waals surface area contributed by atoms with Crippen LogP contribution >= 0.6 is 0 Å². The lowest BCUT2D eigenvalue weighted by molar-refractivity contribution is -0.120. The molecule has 5 atom stereocenters. The van der Waals surface area contributed by atoms with Crippen LogP contribution in [0.25, 0.3) is 0 Å². The van der Waals surface area contributed by atoms with Crippen molar-refractivity contribution in [1.82, 2.24) is 14.9 Å². The third-order valence-corrected chi connectivity index (χ3v) is 12.4. The van der Waals surface area contributed by atoms with E-state index in [4.69, 9.17) is 9.47 Å². The van der Waals surface area contributed by atoms with Gasteiger partial charge in [0.1, 0.15) is 17.7 Å². The summed E-state index contributed by atoms with van der Waals surface area (Å²) in [6, 6.07) is 8.94. The van der Waals surface area contributed by atoms with E-state index in [1.807, 2.05) is 6.92 Å². The molecule has 13 heteroatoms. The molecule has 2 bridgehead atoms. The number of halogens is 2. The molecule has 2 aliphatic heterocycles. The van der Waals surface area contributed by atoms with Crippen LogP contribution in [0.4, 0.5) is 19.3 Å². The Kier molecular flexibility index (Phi) is 11.8. The van der Waals surface area contributed by atoms with Crippen LogP contribution in [0.5, 0.6) is 0 Å². The molecule has 48 heavy (non-hydrogen) atoms. The van der Waals surface area contributed by atoms with Gasteiger partial charge in [0, 0.05) is 48.9 Å². The standard InChI is InChI=1S/C35H48F2N4O6S/c1-4-47-27-16-18-35(2,19-17-27)31(23-10-12-24(36)13-11-23)32(40-34(43)46-3)33(42)39-30-9-5-8-29(37)28(30)15-14-26-21-38-25-7-6-20-48(44,45)41(26)22-25/h5,8-13,25-27,31-32,38H,4,6-7,14-22H2,1-3H3,(H,39,42)(H,40,43)/t25-,26+,27-,31-,32+,35-/m1/s1. The van der Waals surface area contributed by atoms with E-state index in [-0.39, 0.29) is 41.6 Å². The van der Waals surface area contributed by atoms with Crippen molar-refractivity contribution in [3.05, 3.63) is 65.2 Å². The number of nitrogens with one attached hydrogen (secondary N) is 3. The molecule has 2 aromatic rings. The fourth-order valence-electron chi connectivity index (χ4n) is 7.81. The summed E-state index contributed by atoms with van der Waals surface area (Å²) in [5.41, 5.74) is 0.661. The van der Waals surface area contributed by atoms with Crippen LogP contribution in [0, 0.1) is 17.0 Å². The lowest BCUT2D eigenvalue weighted by Crippen LogP contribution is -2.57. The van der Waals surface area contributed by atoms with Crippen molar-refractivity contribution in [1.29, 1.82) is 0 Å². The van der Waals surface area contributed by atoms with Crippen molar-refractivity contribution in [3.63, 3.8) is 0 Å². The SMILES string of the molecule is CCO[C@H]1CC[C@](C)([C@H](c2ccc(F)cc2)[C@H](NC(=O)OC)C(=O)Nc2cccc(F)c2CC[C@H]2CN[C@@H]3CCCS(=O)(=O)N2C3)CC1. The lowest BCUT2D eigenvalue weighted by Gasteiger charge is -2.46. The first kappa shape index (κ1) is 36.2. The molecule has 3 fully saturated rings. The summed E-state index contributed by atoms with van der Waals surface area (Å²) in [5.74, 6) is -2.02. The van der Waals surface area contributed by atoms with E-state index >= 15 is 4.39 Å². The molecule has 3 aliphatic rings. The number of alkyl carbamates (subject to hydrolysis) is 1. The predicted octanol–water partition coefficient (Wildman–Crippen LogP) is 5.10. The van der Waals surface area contributed by atoms with Gasteiger partial charge in [-0.3, -0.25) is 4.79 Å². The number of sulfonamides is 1. The summed E-state index contributed by atoms with van der Waals surface area (Å²) in [6.45, 7) is 5.47. The minimum Gasteiger partial charge on any atom is -0.453 e. The van der Waals surface area contributed by atoms with Crippen LogP contribution in [-0.4, -0.2) is 81.5 Å². The topological polar surface area (TPSA) is 126 Å². The Morgan fingerprint density at radius 2 is 1.83 bits per heavy atom. The van der Waals surface area contributed by atoms with E-state index in [2.05, 4.69) is 22.9 Å². The maximum Gasteiger partial charge on any atom is 0.407 e. The van der Waals surface area contributed by atoms with Gasteiger partial charge in [-0.05, 0) is 93.5 Å². The number of methoxy groups -OCH3 is 1. The highest BCUT2D eigenvalue weighted by Crippen LogP contribution is 2.49. The van der Waals surface area contributed by atoms with Crippen molar-refractivity contribution in [3.8, 4) is 0 Å². The molecule has 2 heterocycles. The van der Waals surface area contributed by atoms with Gasteiger partial charge in [-0.25, -0.2) is 22.0 Å². The number of amides is 2. The predicted molar refractivity (Wildman–Crippen MR) is 179 cm³/mol. The van der Waals surface area contributed by atoms with Crippen LogP contribution in [0.3, 0.4) is 0 Å². The summed E-state index contributed by atoms with van der Waals surface area (Å²) in [7, 11) is -2.21. The van der Waals surface area contributed by atoms with Crippen LogP contribution in [0.15, 0.2) is 42.5 Å². The number of benzene rings is 2. The average molecular weight is 691 g/mol. The zero-order chi connectivity index (χ0) is 34.5. The summed E-state index contributed by atoms with van der Waals surface area (Å²) >= 11 is 0. The molecule has 1 aliphatic carbocycles. The molecule has 2 aromatic carbocycles. The Labute approximate surface area is 282 Å². The lowest BCUT2D eigenvalue weighted by atomic mass is 9.62. The van der Waals surface area contributed by atoms with E-state index in [1.54, 1.807) is 22.5 Å². The number of ether oxygens (including phenoxy) is 2. The first-order valence-corrected chi connectivity index (χ1v) is 18.6. The highest BCUT2D eigenvalue weighted by molar-refractivity contribution is 7.89. The second kappa shape index (κ2) is 15.6. The van der Waals surface area contributed by atoms with Gasteiger partial charge in [0.15, 0.2) is 0 Å². The third-order valence-electron chi connectivity index (χ3n) is 10.4. The van der Waals surface area contributed by atoms with E-state index in [0.29, 0.717) is 50.9 Å². The van der Waals surface area contributed by atoms with Gasteiger partial charge in [0.2, 0.25) is 15.9 Å². The van der Waals surface area contributed by atoms with E-state index < -0.39 is 51.0 Å². The van der Waals surface area contributed by atoms with E-state index in [0.717, 1.165) is 19.3 Å². The number of hydrogen-bond donors (Lipinski definition) is 3. The van der Waals surface area contributed by atoms with Crippen molar-refractivity contribution >= 4 is 27.7 Å². The minimum atomic E-state index is -3.43. The van der Waals surface area contributed by atoms with Gasteiger partial charge in [0.25, 0.3) is 0 Å². The van der Waals surface area contributed by atoms with Gasteiger partial charge in [0.05, 0.1) is 19.0 Å². The van der Waals surface area contributed by atoms with Gasteiger partial charge >= 0.3 is 6.09 Å². The molecular weight excluding hydrogens is 642 g/mol. The Morgan fingerprint density at radius 1 is 1.10 bits per heavy atom. The third kappa shape index (κ3) is 8.35. The Bertz CT molecular complexity index is 1530. The number of carbonyl (C=O) groups excluding carboxylic acids is 2. The smallest absolute Gasteiger partial charge is 0.407 e. The van der Waals surface area contributed by atoms with Crippen LogP contribution in [0.1, 0.15) is 75.8 Å². The number of rotatable bonds is 11. The number of hydrogen-bond acceptors (Lipinski definition) is 7. The quantitative estimate of drug-likeness (QED) is 0.300. The van der Waals surface area contributed by atoms with Crippen molar-refractivity contribution in [2.75, 3.05) is 37.9 Å². The van der Waals surface area contributed by atoms with Gasteiger partial charge in [-0.15, -0.1) is 0 Å². The molecule has 0 radical (unpaired) electrons. The van der Waals surface area contributed by atoms with Gasteiger partial charge in [-0.1, -0.05) is 25.1 Å². The summed E-state index contributed by atoms with van der Waals surface area (Å²) in [6.07, 6.45) is 4.08. The van der Waals surface area contributed by atoms with Crippen molar-refractivity contribution in [2.24, 2.45) is 5.41 Å². The van der Waals surface area contributed by atoms with Gasteiger partial charge < -0.3 is 25.4 Å². The minimum absolute atomic E-state index is 0.0854. The number of nitrogens with zero attached hydrogens (tertiary/aromatic N) is 1. The molecule has 264 valence electrons. The van der Waals surface area contributed by atoms with E-state index in [1.165, 1.54) is 31.4 Å². The Morgan fingerprint density at radius 3 is 2.52 bits per heavy atom. The number of piperazine rings is 1. The molecule has 2 saturated heterocycles. The largest absolute Gasteiger partial charge is 0.453 e. The summed E-state index contributed by atoms with van der Waals surface area (Å²) in [4.78, 5) is 27.1. The Balaban J connectivity index is 1.43. The maximum absolute atomic E-state index is 15.5. The molecule has 1 saturated carbocycles. The fourth-order valence-corrected chi connectivity index (χ4v) is 9.62. The highest BCUT2D eigenvalue weighted by atomic mass is 32.2. The number of fused-ring (bicyclic) bond motifs is 2. The normalized spacial score (nSPS) is 28.0. The molecule has 5 rings (SSSR count). The zero-order valence-electron chi connectivity index (χ0n) is 28.0. The first-order chi connectivity index (χ1) is 22.9. The second-order valence-corrected chi connectivity index (χ2v) is 15.6. The zero-order valence-corrected chi connectivity index (χ0v) is 28.8. The fraction of sp³-hybridized carbons (Fsp3) is 0.600. The molecular formula is C35H48F2N4O6S. The Hall–Kier alpha value is -3.13. The average Bonchev–Trinajstić information content (AvgIpc) is 3.18. The molecule has 0 spiro atoms. The molecule has 2 amide bonds. The van der Waals surface area contributed by atoms with Crippen molar-refractivity contribution in [2.45, 2.75) is 95.4 Å². The van der Waals surface area contributed by atoms with Gasteiger partial charge in [-0.2, -0.15) is 4.31 Å². The molecule has 0 aromatic heterocycles. The molecule has 10 nitrogen and oxygen atoms in total.